The molecule has 0 aliphatic heterocycles. The third kappa shape index (κ3) is 5.14. The molecule has 9 heteroatoms. The molecule has 0 bridgehead atoms. The number of nitrogens with one attached hydrogen (secondary N) is 1. The van der Waals surface area contributed by atoms with Gasteiger partial charge in [0.05, 0.1) is 0 Å². The molecular weight excluding hydrogens is 244 g/mol. The molecule has 0 saturated heterocycles. The van der Waals surface area contributed by atoms with Crippen LogP contribution in [0.3, 0.4) is 0 Å². The Morgan fingerprint density at radius 1 is 1.11 bits per heavy atom. The minimum atomic E-state index is -1.55. The van der Waals surface area contributed by atoms with E-state index >= 15 is 0 Å². The van der Waals surface area contributed by atoms with Gasteiger partial charge in [0, 0.05) is 0 Å². The van der Waals surface area contributed by atoms with E-state index in [1.165, 1.54) is 13.8 Å². The molecule has 0 aromatic heterocycles. The van der Waals surface area contributed by atoms with Gasteiger partial charge in [-0.05, 0) is 13.8 Å². The van der Waals surface area contributed by atoms with E-state index in [0.717, 1.165) is 4.90 Å². The molecule has 0 aromatic carbocycles. The van der Waals surface area contributed by atoms with E-state index in [0.29, 0.717) is 0 Å². The first-order chi connectivity index (χ1) is 8.06. The van der Waals surface area contributed by atoms with E-state index in [-0.39, 0.29) is 0 Å². The molecule has 9 nitrogen and oxygen atoms in total. The first-order valence-corrected chi connectivity index (χ1v) is 4.93. The molecular formula is C9H16N4O5. The highest BCUT2D eigenvalue weighted by molar-refractivity contribution is 5.90. The van der Waals surface area contributed by atoms with Crippen LogP contribution in [0.5, 0.6) is 0 Å². The Morgan fingerprint density at radius 3 is 1.78 bits per heavy atom. The van der Waals surface area contributed by atoms with Crippen molar-refractivity contribution in [3.05, 3.63) is 0 Å². The third-order valence-electron chi connectivity index (χ3n) is 1.93. The second kappa shape index (κ2) is 5.84. The topological polar surface area (TPSA) is 156 Å². The molecule has 0 fully saturated rings. The molecule has 102 valence electrons. The van der Waals surface area contributed by atoms with Gasteiger partial charge in [0.2, 0.25) is 11.8 Å². The molecule has 0 saturated carbocycles. The third-order valence-corrected chi connectivity index (χ3v) is 1.93. The van der Waals surface area contributed by atoms with Gasteiger partial charge < -0.3 is 26.8 Å². The Morgan fingerprint density at radius 2 is 1.50 bits per heavy atom. The maximum absolute atomic E-state index is 11.7. The maximum atomic E-state index is 11.7. The zero-order chi connectivity index (χ0) is 14.5. The molecule has 18 heavy (non-hydrogen) atoms. The normalized spacial score (nSPS) is 10.6. The molecule has 0 aromatic rings. The summed E-state index contributed by atoms with van der Waals surface area (Å²) in [7, 11) is 0. The van der Waals surface area contributed by atoms with E-state index in [9.17, 15) is 19.2 Å². The van der Waals surface area contributed by atoms with Crippen LogP contribution in [0, 0.1) is 0 Å². The van der Waals surface area contributed by atoms with E-state index in [1.807, 2.05) is 0 Å². The van der Waals surface area contributed by atoms with Crippen LogP contribution in [-0.4, -0.2) is 52.4 Å². The highest BCUT2D eigenvalue weighted by Gasteiger charge is 2.31. The lowest BCUT2D eigenvalue weighted by Crippen LogP contribution is -2.56. The summed E-state index contributed by atoms with van der Waals surface area (Å²) in [5.74, 6) is -2.96. The Labute approximate surface area is 103 Å². The molecule has 0 atom stereocenters. The van der Waals surface area contributed by atoms with Gasteiger partial charge >= 0.3 is 12.0 Å². The molecule has 0 rings (SSSR count). The van der Waals surface area contributed by atoms with Gasteiger partial charge in [-0.2, -0.15) is 0 Å². The molecule has 0 spiro atoms. The lowest BCUT2D eigenvalue weighted by atomic mass is 10.1. The van der Waals surface area contributed by atoms with Crippen molar-refractivity contribution in [2.45, 2.75) is 19.4 Å². The van der Waals surface area contributed by atoms with E-state index in [4.69, 9.17) is 16.6 Å². The van der Waals surface area contributed by atoms with Crippen LogP contribution in [0.4, 0.5) is 4.79 Å². The summed E-state index contributed by atoms with van der Waals surface area (Å²) in [6, 6.07) is -0.917. The van der Waals surface area contributed by atoms with Crippen molar-refractivity contribution in [2.24, 2.45) is 11.5 Å². The highest BCUT2D eigenvalue weighted by atomic mass is 16.4. The number of carbonyl (C=O) groups is 4. The first kappa shape index (κ1) is 15.7. The number of rotatable bonds is 6. The molecule has 4 amide bonds. The minimum absolute atomic E-state index is 0.537. The first-order valence-electron chi connectivity index (χ1n) is 4.93. The fourth-order valence-corrected chi connectivity index (χ4v) is 0.976. The Balaban J connectivity index is 4.80. The monoisotopic (exact) mass is 260 g/mol. The quantitative estimate of drug-likeness (QED) is 0.427. The van der Waals surface area contributed by atoms with Crippen LogP contribution in [0.15, 0.2) is 0 Å². The van der Waals surface area contributed by atoms with Gasteiger partial charge in [0.25, 0.3) is 0 Å². The van der Waals surface area contributed by atoms with Gasteiger partial charge in [-0.3, -0.25) is 9.59 Å². The Kier molecular flexibility index (Phi) is 5.09. The molecule has 0 heterocycles. The summed E-state index contributed by atoms with van der Waals surface area (Å²) in [6.45, 7) is 1.43. The predicted molar refractivity (Wildman–Crippen MR) is 60.2 cm³/mol. The van der Waals surface area contributed by atoms with Crippen molar-refractivity contribution >= 4 is 23.8 Å². The van der Waals surface area contributed by atoms with Gasteiger partial charge in [-0.1, -0.05) is 0 Å². The summed E-state index contributed by atoms with van der Waals surface area (Å²) in [5.41, 5.74) is 8.25. The number of hydrogen-bond acceptors (Lipinski definition) is 4. The standard InChI is InChI=1S/C9H16N4O5/c1-9(2,7(16)17)12-8(18)13(3-5(10)14)4-6(11)15/h3-4H2,1-2H3,(H2,10,14)(H2,11,15)(H,12,18)(H,16,17). The second-order valence-corrected chi connectivity index (χ2v) is 4.15. The van der Waals surface area contributed by atoms with Crippen LogP contribution >= 0.6 is 0 Å². The number of nitrogens with two attached hydrogens (primary N) is 2. The number of carbonyl (C=O) groups excluding carboxylic acids is 3. The van der Waals surface area contributed by atoms with Crippen molar-refractivity contribution in [2.75, 3.05) is 13.1 Å². The summed E-state index contributed by atoms with van der Waals surface area (Å²) in [6.07, 6.45) is 0. The predicted octanol–water partition coefficient (Wildman–Crippen LogP) is -2.17. The van der Waals surface area contributed by atoms with Gasteiger partial charge in [0.1, 0.15) is 18.6 Å². The van der Waals surface area contributed by atoms with Crippen LogP contribution in [0.1, 0.15) is 13.8 Å². The lowest BCUT2D eigenvalue weighted by molar-refractivity contribution is -0.143. The zero-order valence-corrected chi connectivity index (χ0v) is 10.1. The smallest absolute Gasteiger partial charge is 0.328 e. The van der Waals surface area contributed by atoms with Crippen molar-refractivity contribution in [1.29, 1.82) is 0 Å². The van der Waals surface area contributed by atoms with Crippen molar-refractivity contribution < 1.29 is 24.3 Å². The van der Waals surface area contributed by atoms with Crippen LogP contribution in [0.2, 0.25) is 0 Å². The average molecular weight is 260 g/mol. The largest absolute Gasteiger partial charge is 0.480 e. The number of carboxylic acid groups (broad SMARTS) is 1. The summed E-state index contributed by atoms with van der Waals surface area (Å²) in [5, 5.41) is 11.0. The van der Waals surface area contributed by atoms with Crippen molar-refractivity contribution in [3.63, 3.8) is 0 Å². The highest BCUT2D eigenvalue weighted by Crippen LogP contribution is 2.03. The average Bonchev–Trinajstić information content (AvgIpc) is 2.13. The number of primary amides is 2. The number of nitrogens with zero attached hydrogens (tertiary/aromatic N) is 1. The van der Waals surface area contributed by atoms with Gasteiger partial charge in [0.15, 0.2) is 0 Å². The molecule has 6 N–H and O–H groups in total. The second-order valence-electron chi connectivity index (χ2n) is 4.15. The van der Waals surface area contributed by atoms with Gasteiger partial charge in [-0.25, -0.2) is 9.59 Å². The summed E-state index contributed by atoms with van der Waals surface area (Å²) >= 11 is 0. The summed E-state index contributed by atoms with van der Waals surface area (Å²) in [4.78, 5) is 44.7. The van der Waals surface area contributed by atoms with Crippen LogP contribution in [0.25, 0.3) is 0 Å². The molecule has 0 radical (unpaired) electrons. The number of amides is 4. The maximum Gasteiger partial charge on any atom is 0.328 e. The zero-order valence-electron chi connectivity index (χ0n) is 10.1. The number of aliphatic carboxylic acids is 1. The minimum Gasteiger partial charge on any atom is -0.480 e. The SMILES string of the molecule is CC(C)(NC(=O)N(CC(N)=O)CC(N)=O)C(=O)O. The van der Waals surface area contributed by atoms with E-state index < -0.39 is 42.4 Å². The number of hydrogen-bond donors (Lipinski definition) is 4. The summed E-state index contributed by atoms with van der Waals surface area (Å²) < 4.78 is 0. The van der Waals surface area contributed by atoms with E-state index in [2.05, 4.69) is 5.32 Å². The van der Waals surface area contributed by atoms with Crippen LogP contribution < -0.4 is 16.8 Å². The fourth-order valence-electron chi connectivity index (χ4n) is 0.976. The molecule has 0 unspecified atom stereocenters. The van der Waals surface area contributed by atoms with Crippen molar-refractivity contribution in [3.8, 4) is 0 Å². The molecule has 0 aliphatic rings. The van der Waals surface area contributed by atoms with E-state index in [1.54, 1.807) is 0 Å². The number of carboxylic acids is 1. The Hall–Kier alpha value is -2.32. The van der Waals surface area contributed by atoms with Crippen LogP contribution in [-0.2, 0) is 14.4 Å². The lowest BCUT2D eigenvalue weighted by Gasteiger charge is -2.26. The number of urea groups is 1. The Bertz CT molecular complexity index is 363. The van der Waals surface area contributed by atoms with Gasteiger partial charge in [-0.15, -0.1) is 0 Å². The molecule has 0 aliphatic carbocycles. The van der Waals surface area contributed by atoms with Crippen molar-refractivity contribution in [1.82, 2.24) is 10.2 Å². The fraction of sp³-hybridized carbons (Fsp3) is 0.556.